The van der Waals surface area contributed by atoms with E-state index in [1.165, 1.54) is 48.4 Å². The van der Waals surface area contributed by atoms with E-state index in [4.69, 9.17) is 5.73 Å². The maximum absolute atomic E-state index is 6.24. The zero-order valence-corrected chi connectivity index (χ0v) is 12.5. The molecule has 0 spiro atoms. The van der Waals surface area contributed by atoms with Crippen LogP contribution < -0.4 is 5.73 Å². The molecular weight excluding hydrogens is 256 g/mol. The number of nitrogens with zero attached hydrogens (tertiary/aromatic N) is 1. The van der Waals surface area contributed by atoms with E-state index in [2.05, 4.69) is 47.4 Å². The van der Waals surface area contributed by atoms with Crippen molar-refractivity contribution >= 4 is 10.8 Å². The number of hydrogen-bond acceptors (Lipinski definition) is 2. The predicted octanol–water partition coefficient (Wildman–Crippen LogP) is 3.68. The standard InChI is InChI=1S/C19H24N2/c20-16-11-17-8-4-9-18(12-16)21(17)13-15-7-3-6-14-5-1-2-10-19(14)15/h1-3,5-7,10,16-18H,4,8-9,11-13,20H2. The zero-order chi connectivity index (χ0) is 14.2. The summed E-state index contributed by atoms with van der Waals surface area (Å²) < 4.78 is 0. The summed E-state index contributed by atoms with van der Waals surface area (Å²) in [5.74, 6) is 0. The average Bonchev–Trinajstić information content (AvgIpc) is 2.48. The van der Waals surface area contributed by atoms with E-state index in [9.17, 15) is 0 Å². The Labute approximate surface area is 126 Å². The topological polar surface area (TPSA) is 29.3 Å². The van der Waals surface area contributed by atoms with E-state index in [0.29, 0.717) is 18.1 Å². The molecule has 2 aliphatic heterocycles. The predicted molar refractivity (Wildman–Crippen MR) is 88.1 cm³/mol. The van der Waals surface area contributed by atoms with Crippen molar-refractivity contribution in [2.75, 3.05) is 0 Å². The van der Waals surface area contributed by atoms with Gasteiger partial charge < -0.3 is 5.73 Å². The molecule has 21 heavy (non-hydrogen) atoms. The van der Waals surface area contributed by atoms with Gasteiger partial charge in [-0.15, -0.1) is 0 Å². The van der Waals surface area contributed by atoms with E-state index in [1.54, 1.807) is 0 Å². The fourth-order valence-electron chi connectivity index (χ4n) is 4.41. The van der Waals surface area contributed by atoms with Crippen molar-refractivity contribution in [1.82, 2.24) is 4.90 Å². The highest BCUT2D eigenvalue weighted by molar-refractivity contribution is 5.85. The maximum Gasteiger partial charge on any atom is 0.0245 e. The SMILES string of the molecule is NC1CC2CCCC(C1)N2Cc1cccc2ccccc12. The highest BCUT2D eigenvalue weighted by atomic mass is 15.2. The molecule has 2 unspecified atom stereocenters. The number of fused-ring (bicyclic) bond motifs is 3. The van der Waals surface area contributed by atoms with Gasteiger partial charge in [0.15, 0.2) is 0 Å². The summed E-state index contributed by atoms with van der Waals surface area (Å²) in [6, 6.07) is 17.3. The van der Waals surface area contributed by atoms with Crippen molar-refractivity contribution < 1.29 is 0 Å². The van der Waals surface area contributed by atoms with Crippen molar-refractivity contribution in [1.29, 1.82) is 0 Å². The van der Waals surface area contributed by atoms with Gasteiger partial charge in [-0.25, -0.2) is 0 Å². The van der Waals surface area contributed by atoms with Crippen LogP contribution in [0.2, 0.25) is 0 Å². The van der Waals surface area contributed by atoms with Crippen LogP contribution in [0.3, 0.4) is 0 Å². The molecule has 2 fully saturated rings. The molecule has 2 saturated heterocycles. The Kier molecular flexibility index (Phi) is 3.44. The summed E-state index contributed by atoms with van der Waals surface area (Å²) in [6.07, 6.45) is 6.40. The minimum atomic E-state index is 0.420. The third-order valence-electron chi connectivity index (χ3n) is 5.40. The number of nitrogens with two attached hydrogens (primary N) is 1. The van der Waals surface area contributed by atoms with Gasteiger partial charge in [-0.1, -0.05) is 48.9 Å². The summed E-state index contributed by atoms with van der Waals surface area (Å²) in [6.45, 7) is 1.09. The van der Waals surface area contributed by atoms with Crippen LogP contribution in [-0.4, -0.2) is 23.0 Å². The third kappa shape index (κ3) is 2.47. The second kappa shape index (κ2) is 5.43. The van der Waals surface area contributed by atoms with Gasteiger partial charge >= 0.3 is 0 Å². The van der Waals surface area contributed by atoms with Crippen LogP contribution in [0.15, 0.2) is 42.5 Å². The molecule has 0 saturated carbocycles. The molecule has 2 aromatic carbocycles. The summed E-state index contributed by atoms with van der Waals surface area (Å²) in [4.78, 5) is 2.74. The zero-order valence-electron chi connectivity index (χ0n) is 12.5. The van der Waals surface area contributed by atoms with Crippen molar-refractivity contribution in [2.24, 2.45) is 5.73 Å². The molecule has 110 valence electrons. The van der Waals surface area contributed by atoms with Gasteiger partial charge in [-0.05, 0) is 42.0 Å². The Bertz CT molecular complexity index is 617. The lowest BCUT2D eigenvalue weighted by Crippen LogP contribution is -2.54. The molecule has 0 aromatic heterocycles. The van der Waals surface area contributed by atoms with Crippen LogP contribution in [0.5, 0.6) is 0 Å². The Hall–Kier alpha value is -1.38. The molecule has 0 aliphatic carbocycles. The van der Waals surface area contributed by atoms with Crippen LogP contribution in [0, 0.1) is 0 Å². The smallest absolute Gasteiger partial charge is 0.0245 e. The molecule has 2 heteroatoms. The van der Waals surface area contributed by atoms with Gasteiger partial charge in [0.25, 0.3) is 0 Å². The summed E-state index contributed by atoms with van der Waals surface area (Å²) in [5, 5.41) is 2.77. The monoisotopic (exact) mass is 280 g/mol. The van der Waals surface area contributed by atoms with Crippen molar-refractivity contribution in [3.63, 3.8) is 0 Å². The van der Waals surface area contributed by atoms with E-state index < -0.39 is 0 Å². The van der Waals surface area contributed by atoms with Gasteiger partial charge in [0.05, 0.1) is 0 Å². The first-order valence-corrected chi connectivity index (χ1v) is 8.29. The number of hydrogen-bond donors (Lipinski definition) is 1. The molecule has 2 atom stereocenters. The lowest BCUT2D eigenvalue weighted by atomic mass is 9.81. The second-order valence-corrected chi connectivity index (χ2v) is 6.78. The van der Waals surface area contributed by atoms with Gasteiger partial charge in [0, 0.05) is 24.7 Å². The number of rotatable bonds is 2. The van der Waals surface area contributed by atoms with Crippen molar-refractivity contribution in [2.45, 2.75) is 56.8 Å². The minimum Gasteiger partial charge on any atom is -0.328 e. The average molecular weight is 280 g/mol. The van der Waals surface area contributed by atoms with Crippen molar-refractivity contribution in [3.05, 3.63) is 48.0 Å². The molecular formula is C19H24N2. The fraction of sp³-hybridized carbons (Fsp3) is 0.474. The quantitative estimate of drug-likeness (QED) is 0.909. The lowest BCUT2D eigenvalue weighted by molar-refractivity contribution is 0.0248. The van der Waals surface area contributed by atoms with Gasteiger partial charge in [-0.3, -0.25) is 4.90 Å². The van der Waals surface area contributed by atoms with E-state index in [0.717, 1.165) is 6.54 Å². The maximum atomic E-state index is 6.24. The van der Waals surface area contributed by atoms with Crippen LogP contribution in [0.1, 0.15) is 37.7 Å². The Morgan fingerprint density at radius 2 is 1.67 bits per heavy atom. The molecule has 0 radical (unpaired) electrons. The number of benzene rings is 2. The van der Waals surface area contributed by atoms with Gasteiger partial charge in [-0.2, -0.15) is 0 Å². The normalized spacial score (nSPS) is 29.7. The molecule has 2 heterocycles. The Morgan fingerprint density at radius 1 is 0.952 bits per heavy atom. The summed E-state index contributed by atoms with van der Waals surface area (Å²) in [7, 11) is 0. The van der Waals surface area contributed by atoms with Crippen LogP contribution >= 0.6 is 0 Å². The number of piperidine rings is 2. The molecule has 2 N–H and O–H groups in total. The highest BCUT2D eigenvalue weighted by Gasteiger charge is 2.36. The first kappa shape index (κ1) is 13.3. The van der Waals surface area contributed by atoms with Gasteiger partial charge in [0.1, 0.15) is 0 Å². The summed E-state index contributed by atoms with van der Waals surface area (Å²) >= 11 is 0. The molecule has 2 bridgehead atoms. The van der Waals surface area contributed by atoms with E-state index in [-0.39, 0.29) is 0 Å². The largest absolute Gasteiger partial charge is 0.328 e. The molecule has 0 amide bonds. The first-order valence-electron chi connectivity index (χ1n) is 8.29. The van der Waals surface area contributed by atoms with Crippen LogP contribution in [0.25, 0.3) is 10.8 Å². The molecule has 2 nitrogen and oxygen atoms in total. The van der Waals surface area contributed by atoms with Crippen molar-refractivity contribution in [3.8, 4) is 0 Å². The first-order chi connectivity index (χ1) is 10.3. The second-order valence-electron chi connectivity index (χ2n) is 6.78. The summed E-state index contributed by atoms with van der Waals surface area (Å²) in [5.41, 5.74) is 7.72. The molecule has 2 aliphatic rings. The van der Waals surface area contributed by atoms with Gasteiger partial charge in [0.2, 0.25) is 0 Å². The Morgan fingerprint density at radius 3 is 2.48 bits per heavy atom. The third-order valence-corrected chi connectivity index (χ3v) is 5.40. The highest BCUT2D eigenvalue weighted by Crippen LogP contribution is 2.35. The Balaban J connectivity index is 1.65. The van der Waals surface area contributed by atoms with E-state index >= 15 is 0 Å². The molecule has 2 aromatic rings. The lowest BCUT2D eigenvalue weighted by Gasteiger charge is -2.48. The van der Waals surface area contributed by atoms with Crippen LogP contribution in [-0.2, 0) is 6.54 Å². The molecule has 4 rings (SSSR count). The minimum absolute atomic E-state index is 0.420. The van der Waals surface area contributed by atoms with Crippen LogP contribution in [0.4, 0.5) is 0 Å². The fourth-order valence-corrected chi connectivity index (χ4v) is 4.41. The van der Waals surface area contributed by atoms with E-state index in [1.807, 2.05) is 0 Å².